The Balaban J connectivity index is 1.26. The van der Waals surface area contributed by atoms with Gasteiger partial charge < -0.3 is 19.3 Å². The Labute approximate surface area is 191 Å². The average Bonchev–Trinajstić information content (AvgIpc) is 3.30. The number of hydrogen-bond donors (Lipinski definition) is 1. The maximum atomic E-state index is 12.6. The molecule has 168 valence electrons. The largest absolute Gasteiger partial charge is 0.493 e. The number of carbonyl (C=O) groups is 1. The van der Waals surface area contributed by atoms with Crippen LogP contribution in [-0.2, 0) is 11.2 Å². The number of aromatic nitrogens is 3. The zero-order chi connectivity index (χ0) is 22.3. The highest BCUT2D eigenvalue weighted by Gasteiger charge is 2.21. The minimum atomic E-state index is 0.119. The zero-order valence-corrected chi connectivity index (χ0v) is 19.1. The predicted octanol–water partition coefficient (Wildman–Crippen LogP) is 2.85. The number of carbonyl (C=O) groups excluding carboxylic acids is 1. The molecule has 32 heavy (non-hydrogen) atoms. The van der Waals surface area contributed by atoms with E-state index in [-0.39, 0.29) is 5.91 Å². The van der Waals surface area contributed by atoms with Crippen LogP contribution in [0.5, 0.6) is 11.5 Å². The average molecular weight is 454 g/mol. The van der Waals surface area contributed by atoms with Crippen LogP contribution in [0.2, 0.25) is 0 Å². The highest BCUT2D eigenvalue weighted by atomic mass is 32.2. The van der Waals surface area contributed by atoms with Crippen molar-refractivity contribution in [1.29, 1.82) is 0 Å². The molecule has 0 spiro atoms. The van der Waals surface area contributed by atoms with Gasteiger partial charge >= 0.3 is 0 Å². The van der Waals surface area contributed by atoms with E-state index < -0.39 is 0 Å². The van der Waals surface area contributed by atoms with Crippen LogP contribution in [0.3, 0.4) is 0 Å². The Kier molecular flexibility index (Phi) is 7.16. The number of thioether (sulfide) groups is 1. The SMILES string of the molecule is COc1ccc(Cc2nc(SCC(=O)N3CCN(c4ccccc4)CC3)n[nH]2)cc1OC. The molecule has 1 aliphatic rings. The molecule has 9 heteroatoms. The number of rotatable bonds is 8. The summed E-state index contributed by atoms with van der Waals surface area (Å²) in [5.41, 5.74) is 2.24. The van der Waals surface area contributed by atoms with Crippen molar-refractivity contribution in [2.75, 3.05) is 51.1 Å². The van der Waals surface area contributed by atoms with Crippen LogP contribution in [-0.4, -0.2) is 72.1 Å². The van der Waals surface area contributed by atoms with Crippen molar-refractivity contribution in [3.63, 3.8) is 0 Å². The second-order valence-corrected chi connectivity index (χ2v) is 8.37. The predicted molar refractivity (Wildman–Crippen MR) is 125 cm³/mol. The number of aromatic amines is 1. The summed E-state index contributed by atoms with van der Waals surface area (Å²) in [7, 11) is 3.23. The molecule has 0 saturated carbocycles. The molecule has 1 aliphatic heterocycles. The van der Waals surface area contributed by atoms with Gasteiger partial charge in [-0.1, -0.05) is 36.0 Å². The highest BCUT2D eigenvalue weighted by Crippen LogP contribution is 2.28. The molecule has 1 aromatic heterocycles. The highest BCUT2D eigenvalue weighted by molar-refractivity contribution is 7.99. The first kappa shape index (κ1) is 22.0. The van der Waals surface area contributed by atoms with E-state index in [0.29, 0.717) is 28.8 Å². The number of H-pyrrole nitrogens is 1. The van der Waals surface area contributed by atoms with Gasteiger partial charge in [0.25, 0.3) is 0 Å². The molecular weight excluding hydrogens is 426 g/mol. The van der Waals surface area contributed by atoms with E-state index in [0.717, 1.165) is 37.6 Å². The first-order valence-corrected chi connectivity index (χ1v) is 11.5. The lowest BCUT2D eigenvalue weighted by Gasteiger charge is -2.36. The molecule has 3 aromatic rings. The lowest BCUT2D eigenvalue weighted by molar-refractivity contribution is -0.128. The van der Waals surface area contributed by atoms with Gasteiger partial charge in [0, 0.05) is 38.3 Å². The topological polar surface area (TPSA) is 83.6 Å². The number of nitrogens with one attached hydrogen (secondary N) is 1. The van der Waals surface area contributed by atoms with Crippen LogP contribution in [0.25, 0.3) is 0 Å². The van der Waals surface area contributed by atoms with E-state index >= 15 is 0 Å². The third kappa shape index (κ3) is 5.34. The Morgan fingerprint density at radius 3 is 2.50 bits per heavy atom. The van der Waals surface area contributed by atoms with E-state index in [9.17, 15) is 4.79 Å². The van der Waals surface area contributed by atoms with Crippen molar-refractivity contribution >= 4 is 23.4 Å². The van der Waals surface area contributed by atoms with Crippen molar-refractivity contribution in [1.82, 2.24) is 20.1 Å². The van der Waals surface area contributed by atoms with Crippen molar-refractivity contribution in [3.8, 4) is 11.5 Å². The number of nitrogens with zero attached hydrogens (tertiary/aromatic N) is 4. The lowest BCUT2D eigenvalue weighted by Crippen LogP contribution is -2.49. The standard InChI is InChI=1S/C23H27N5O3S/c1-30-19-9-8-17(14-20(19)31-2)15-21-24-23(26-25-21)32-16-22(29)28-12-10-27(11-13-28)18-6-4-3-5-7-18/h3-9,14H,10-13,15-16H2,1-2H3,(H,24,25,26). The normalized spacial score (nSPS) is 13.8. The van der Waals surface area contributed by atoms with Crippen molar-refractivity contribution in [2.45, 2.75) is 11.6 Å². The molecule has 1 saturated heterocycles. The Hall–Kier alpha value is -3.20. The molecule has 1 fully saturated rings. The van der Waals surface area contributed by atoms with Crippen LogP contribution < -0.4 is 14.4 Å². The minimum absolute atomic E-state index is 0.119. The van der Waals surface area contributed by atoms with Crippen LogP contribution >= 0.6 is 11.8 Å². The van der Waals surface area contributed by atoms with E-state index in [1.54, 1.807) is 14.2 Å². The molecule has 0 radical (unpaired) electrons. The molecule has 0 bridgehead atoms. The molecule has 2 aromatic carbocycles. The number of ether oxygens (including phenoxy) is 2. The summed E-state index contributed by atoms with van der Waals surface area (Å²) in [6, 6.07) is 16.1. The maximum absolute atomic E-state index is 12.6. The number of hydrogen-bond acceptors (Lipinski definition) is 7. The molecule has 0 unspecified atom stereocenters. The summed E-state index contributed by atoms with van der Waals surface area (Å²) in [4.78, 5) is 21.4. The van der Waals surface area contributed by atoms with Gasteiger partial charge in [0.1, 0.15) is 5.82 Å². The maximum Gasteiger partial charge on any atom is 0.233 e. The Bertz CT molecular complexity index is 1040. The summed E-state index contributed by atoms with van der Waals surface area (Å²) in [6.45, 7) is 3.15. The number of anilines is 1. The van der Waals surface area contributed by atoms with Gasteiger partial charge in [0.15, 0.2) is 11.5 Å². The van der Waals surface area contributed by atoms with E-state index in [1.165, 1.54) is 17.4 Å². The molecule has 0 aliphatic carbocycles. The molecule has 8 nitrogen and oxygen atoms in total. The van der Waals surface area contributed by atoms with E-state index in [4.69, 9.17) is 9.47 Å². The van der Waals surface area contributed by atoms with Crippen molar-refractivity contribution in [3.05, 3.63) is 59.9 Å². The summed E-state index contributed by atoms with van der Waals surface area (Å²) in [5, 5.41) is 7.79. The lowest BCUT2D eigenvalue weighted by atomic mass is 10.1. The smallest absolute Gasteiger partial charge is 0.233 e. The number of benzene rings is 2. The van der Waals surface area contributed by atoms with Gasteiger partial charge in [-0.2, -0.15) is 0 Å². The zero-order valence-electron chi connectivity index (χ0n) is 18.3. The molecule has 1 N–H and O–H groups in total. The summed E-state index contributed by atoms with van der Waals surface area (Å²) < 4.78 is 10.6. The first-order chi connectivity index (χ1) is 15.7. The van der Waals surface area contributed by atoms with Gasteiger partial charge in [0.05, 0.1) is 20.0 Å². The Morgan fingerprint density at radius 2 is 1.78 bits per heavy atom. The third-order valence-corrected chi connectivity index (χ3v) is 6.24. The van der Waals surface area contributed by atoms with Gasteiger partial charge in [-0.25, -0.2) is 4.98 Å². The van der Waals surface area contributed by atoms with Crippen LogP contribution in [0, 0.1) is 0 Å². The summed E-state index contributed by atoms with van der Waals surface area (Å²) in [6.07, 6.45) is 0.587. The number of methoxy groups -OCH3 is 2. The molecule has 0 atom stereocenters. The first-order valence-electron chi connectivity index (χ1n) is 10.5. The fourth-order valence-corrected chi connectivity index (χ4v) is 4.40. The third-order valence-electron chi connectivity index (χ3n) is 5.41. The fourth-order valence-electron chi connectivity index (χ4n) is 3.68. The van der Waals surface area contributed by atoms with Crippen molar-refractivity contribution in [2.24, 2.45) is 0 Å². The van der Waals surface area contributed by atoms with Gasteiger partial charge in [0.2, 0.25) is 11.1 Å². The van der Waals surface area contributed by atoms with Crippen LogP contribution in [0.15, 0.2) is 53.7 Å². The van der Waals surface area contributed by atoms with Crippen LogP contribution in [0.1, 0.15) is 11.4 Å². The quantitative estimate of drug-likeness (QED) is 0.525. The second kappa shape index (κ2) is 10.4. The number of piperazine rings is 1. The van der Waals surface area contributed by atoms with Gasteiger partial charge in [-0.3, -0.25) is 9.89 Å². The Morgan fingerprint density at radius 1 is 1.03 bits per heavy atom. The number of amides is 1. The minimum Gasteiger partial charge on any atom is -0.493 e. The summed E-state index contributed by atoms with van der Waals surface area (Å²) >= 11 is 1.36. The molecule has 1 amide bonds. The van der Waals surface area contributed by atoms with E-state index in [1.807, 2.05) is 41.3 Å². The molecule has 2 heterocycles. The van der Waals surface area contributed by atoms with Gasteiger partial charge in [-0.15, -0.1) is 5.10 Å². The summed E-state index contributed by atoms with van der Waals surface area (Å²) in [5.74, 6) is 2.56. The number of para-hydroxylation sites is 1. The molecule has 4 rings (SSSR count). The molecular formula is C23H27N5O3S. The fraction of sp³-hybridized carbons (Fsp3) is 0.348. The van der Waals surface area contributed by atoms with E-state index in [2.05, 4.69) is 32.2 Å². The van der Waals surface area contributed by atoms with Crippen LogP contribution in [0.4, 0.5) is 5.69 Å². The van der Waals surface area contributed by atoms with Crippen molar-refractivity contribution < 1.29 is 14.3 Å². The second-order valence-electron chi connectivity index (χ2n) is 7.42. The monoisotopic (exact) mass is 453 g/mol. The van der Waals surface area contributed by atoms with Gasteiger partial charge in [-0.05, 0) is 29.8 Å².